The lowest BCUT2D eigenvalue weighted by molar-refractivity contribution is -0.130. The Balaban J connectivity index is 1.85. The molecule has 0 aromatic carbocycles. The summed E-state index contributed by atoms with van der Waals surface area (Å²) in [6.45, 7) is 5.28. The molecule has 4 amide bonds. The van der Waals surface area contributed by atoms with Crippen LogP contribution in [0.25, 0.3) is 0 Å². The van der Waals surface area contributed by atoms with E-state index in [2.05, 4.69) is 10.2 Å². The quantitative estimate of drug-likeness (QED) is 0.701. The van der Waals surface area contributed by atoms with Gasteiger partial charge < -0.3 is 11.1 Å². The lowest BCUT2D eigenvalue weighted by Gasteiger charge is -2.33. The molecule has 1 atom stereocenters. The van der Waals surface area contributed by atoms with Crippen LogP contribution in [0.4, 0.5) is 4.79 Å². The van der Waals surface area contributed by atoms with Gasteiger partial charge in [0.15, 0.2) is 0 Å². The molecule has 7 heteroatoms. The van der Waals surface area contributed by atoms with Crippen molar-refractivity contribution in [3.63, 3.8) is 0 Å². The normalized spacial score (nSPS) is 26.0. The summed E-state index contributed by atoms with van der Waals surface area (Å²) in [6, 6.07) is -0.548. The molecule has 2 fully saturated rings. The van der Waals surface area contributed by atoms with Gasteiger partial charge in [-0.15, -0.1) is 0 Å². The number of piperidine rings is 1. The van der Waals surface area contributed by atoms with Crippen LogP contribution in [0, 0.1) is 0 Å². The minimum Gasteiger partial charge on any atom is -0.368 e. The van der Waals surface area contributed by atoms with Crippen molar-refractivity contribution in [2.75, 3.05) is 19.6 Å². The molecule has 0 spiro atoms. The lowest BCUT2D eigenvalue weighted by Crippen LogP contribution is -2.48. The zero-order valence-corrected chi connectivity index (χ0v) is 12.7. The first-order chi connectivity index (χ1) is 9.83. The topological polar surface area (TPSA) is 95.7 Å². The second-order valence-electron chi connectivity index (χ2n) is 6.32. The summed E-state index contributed by atoms with van der Waals surface area (Å²) in [5.74, 6) is -0.483. The van der Waals surface area contributed by atoms with Gasteiger partial charge in [-0.05, 0) is 39.7 Å². The number of urea groups is 1. The molecule has 0 radical (unpaired) electrons. The molecule has 118 valence electrons. The molecule has 0 bridgehead atoms. The molecule has 7 nitrogen and oxygen atoms in total. The number of nitrogens with two attached hydrogens (primary N) is 1. The largest absolute Gasteiger partial charge is 0.368 e. The van der Waals surface area contributed by atoms with E-state index in [0.29, 0.717) is 19.5 Å². The first-order valence-corrected chi connectivity index (χ1v) is 7.50. The number of hydrogen-bond acceptors (Lipinski definition) is 4. The molecule has 21 heavy (non-hydrogen) atoms. The zero-order chi connectivity index (χ0) is 15.6. The van der Waals surface area contributed by atoms with Crippen LogP contribution in [0.15, 0.2) is 0 Å². The number of primary amides is 1. The van der Waals surface area contributed by atoms with E-state index >= 15 is 0 Å². The van der Waals surface area contributed by atoms with E-state index in [4.69, 9.17) is 5.73 Å². The zero-order valence-electron chi connectivity index (χ0n) is 12.7. The lowest BCUT2D eigenvalue weighted by atomic mass is 10.0. The van der Waals surface area contributed by atoms with Crippen LogP contribution in [0.5, 0.6) is 0 Å². The third-order valence-corrected chi connectivity index (χ3v) is 4.21. The van der Waals surface area contributed by atoms with E-state index in [1.807, 2.05) is 0 Å². The van der Waals surface area contributed by atoms with Gasteiger partial charge in [0.2, 0.25) is 5.91 Å². The first kappa shape index (κ1) is 15.8. The van der Waals surface area contributed by atoms with Crippen molar-refractivity contribution in [2.45, 2.75) is 51.1 Å². The van der Waals surface area contributed by atoms with Crippen LogP contribution in [0.3, 0.4) is 0 Å². The van der Waals surface area contributed by atoms with Gasteiger partial charge in [-0.2, -0.15) is 0 Å². The number of imide groups is 1. The van der Waals surface area contributed by atoms with Gasteiger partial charge in [-0.3, -0.25) is 19.4 Å². The third-order valence-electron chi connectivity index (χ3n) is 4.21. The number of carbonyl (C=O) groups is 3. The summed E-state index contributed by atoms with van der Waals surface area (Å²) >= 11 is 0. The Morgan fingerprint density at radius 2 is 2.05 bits per heavy atom. The van der Waals surface area contributed by atoms with Crippen molar-refractivity contribution >= 4 is 17.8 Å². The standard InChI is InChI=1S/C14H24N4O3/c1-14(2)12(20)18(13(21)16-14)9-5-8-17-7-4-3-6-10(17)11(15)19/h10H,3-9H2,1-2H3,(H2,15,19)(H,16,21). The summed E-state index contributed by atoms with van der Waals surface area (Å²) in [6.07, 6.45) is 3.52. The fraction of sp³-hybridized carbons (Fsp3) is 0.786. The maximum absolute atomic E-state index is 12.0. The summed E-state index contributed by atoms with van der Waals surface area (Å²) in [7, 11) is 0. The summed E-state index contributed by atoms with van der Waals surface area (Å²) < 4.78 is 0. The number of carbonyl (C=O) groups excluding carboxylic acids is 3. The highest BCUT2D eigenvalue weighted by Gasteiger charge is 2.43. The van der Waals surface area contributed by atoms with E-state index in [1.54, 1.807) is 13.8 Å². The third kappa shape index (κ3) is 3.34. The maximum Gasteiger partial charge on any atom is 0.325 e. The summed E-state index contributed by atoms with van der Waals surface area (Å²) in [4.78, 5) is 38.6. The van der Waals surface area contributed by atoms with Crippen LogP contribution < -0.4 is 11.1 Å². The molecular formula is C14H24N4O3. The minimum absolute atomic E-state index is 0.197. The van der Waals surface area contributed by atoms with Crippen LogP contribution in [-0.2, 0) is 9.59 Å². The predicted octanol–water partition coefficient (Wildman–Crippen LogP) is 0.0467. The van der Waals surface area contributed by atoms with Crippen LogP contribution in [-0.4, -0.2) is 58.9 Å². The SMILES string of the molecule is CC1(C)NC(=O)N(CCCN2CCCCC2C(N)=O)C1=O. The van der Waals surface area contributed by atoms with E-state index < -0.39 is 5.54 Å². The average molecular weight is 296 g/mol. The van der Waals surface area contributed by atoms with Crippen LogP contribution >= 0.6 is 0 Å². The van der Waals surface area contributed by atoms with Gasteiger partial charge in [-0.1, -0.05) is 6.42 Å². The number of nitrogens with zero attached hydrogens (tertiary/aromatic N) is 2. The van der Waals surface area contributed by atoms with Gasteiger partial charge in [0.1, 0.15) is 5.54 Å². The monoisotopic (exact) mass is 296 g/mol. The van der Waals surface area contributed by atoms with Crippen LogP contribution in [0.1, 0.15) is 39.5 Å². The van der Waals surface area contributed by atoms with Crippen LogP contribution in [0.2, 0.25) is 0 Å². The van der Waals surface area contributed by atoms with Gasteiger partial charge in [0.25, 0.3) is 5.91 Å². The molecule has 0 aromatic rings. The molecule has 2 saturated heterocycles. The highest BCUT2D eigenvalue weighted by Crippen LogP contribution is 2.19. The predicted molar refractivity (Wildman–Crippen MR) is 77.3 cm³/mol. The average Bonchev–Trinajstić information content (AvgIpc) is 2.61. The summed E-state index contributed by atoms with van der Waals surface area (Å²) in [5, 5.41) is 2.66. The Bertz CT molecular complexity index is 450. The molecule has 0 aromatic heterocycles. The number of hydrogen-bond donors (Lipinski definition) is 2. The number of rotatable bonds is 5. The first-order valence-electron chi connectivity index (χ1n) is 7.50. The van der Waals surface area contributed by atoms with E-state index in [1.165, 1.54) is 4.90 Å². The highest BCUT2D eigenvalue weighted by atomic mass is 16.2. The molecule has 3 N–H and O–H groups in total. The van der Waals surface area contributed by atoms with Crippen molar-refractivity contribution in [3.05, 3.63) is 0 Å². The van der Waals surface area contributed by atoms with Gasteiger partial charge in [-0.25, -0.2) is 4.79 Å². The number of likely N-dealkylation sites (tertiary alicyclic amines) is 1. The number of amides is 4. The molecule has 2 heterocycles. The Kier molecular flexibility index (Phi) is 4.51. The Hall–Kier alpha value is -1.63. The fourth-order valence-electron chi connectivity index (χ4n) is 3.03. The maximum atomic E-state index is 12.0. The van der Waals surface area contributed by atoms with Gasteiger partial charge >= 0.3 is 6.03 Å². The van der Waals surface area contributed by atoms with E-state index in [0.717, 1.165) is 25.8 Å². The Morgan fingerprint density at radius 1 is 1.33 bits per heavy atom. The summed E-state index contributed by atoms with van der Waals surface area (Å²) in [5.41, 5.74) is 4.60. The minimum atomic E-state index is -0.821. The molecule has 1 unspecified atom stereocenters. The van der Waals surface area contributed by atoms with Crippen molar-refractivity contribution in [1.82, 2.24) is 15.1 Å². The molecule has 2 aliphatic heterocycles. The van der Waals surface area contributed by atoms with E-state index in [9.17, 15) is 14.4 Å². The smallest absolute Gasteiger partial charge is 0.325 e. The molecule has 0 aliphatic carbocycles. The van der Waals surface area contributed by atoms with Crippen molar-refractivity contribution < 1.29 is 14.4 Å². The fourth-order valence-corrected chi connectivity index (χ4v) is 3.03. The van der Waals surface area contributed by atoms with Crippen molar-refractivity contribution in [3.8, 4) is 0 Å². The Labute approximate surface area is 124 Å². The number of nitrogens with one attached hydrogen (secondary N) is 1. The Morgan fingerprint density at radius 3 is 2.62 bits per heavy atom. The van der Waals surface area contributed by atoms with Crippen molar-refractivity contribution in [1.29, 1.82) is 0 Å². The highest BCUT2D eigenvalue weighted by molar-refractivity contribution is 6.06. The molecule has 2 rings (SSSR count). The van der Waals surface area contributed by atoms with Crippen molar-refractivity contribution in [2.24, 2.45) is 5.73 Å². The second-order valence-corrected chi connectivity index (χ2v) is 6.32. The second kappa shape index (κ2) is 6.01. The van der Waals surface area contributed by atoms with Gasteiger partial charge in [0.05, 0.1) is 6.04 Å². The molecule has 2 aliphatic rings. The van der Waals surface area contributed by atoms with E-state index in [-0.39, 0.29) is 23.9 Å². The van der Waals surface area contributed by atoms with Gasteiger partial charge in [0, 0.05) is 13.1 Å². The molecule has 0 saturated carbocycles. The molecular weight excluding hydrogens is 272 g/mol.